The summed E-state index contributed by atoms with van der Waals surface area (Å²) in [4.78, 5) is 10.5. The predicted octanol–water partition coefficient (Wildman–Crippen LogP) is 0.951. The van der Waals surface area contributed by atoms with Crippen molar-refractivity contribution in [2.75, 3.05) is 7.05 Å². The van der Waals surface area contributed by atoms with Crippen LogP contribution >= 0.6 is 0 Å². The number of nitrogens with one attached hydrogen (secondary N) is 1. The first-order valence-electron chi connectivity index (χ1n) is 3.90. The van der Waals surface area contributed by atoms with Gasteiger partial charge in [0, 0.05) is 6.04 Å². The minimum atomic E-state index is -0.723. The molecule has 0 saturated heterocycles. The molecule has 0 aromatic heterocycles. The van der Waals surface area contributed by atoms with Crippen LogP contribution in [0.15, 0.2) is 0 Å². The van der Waals surface area contributed by atoms with Crippen molar-refractivity contribution in [3.05, 3.63) is 0 Å². The van der Waals surface area contributed by atoms with Crippen LogP contribution in [-0.2, 0) is 4.79 Å². The summed E-state index contributed by atoms with van der Waals surface area (Å²) in [6, 6.07) is 0.251. The minimum Gasteiger partial charge on any atom is -0.481 e. The van der Waals surface area contributed by atoms with Gasteiger partial charge in [0.25, 0.3) is 0 Å². The van der Waals surface area contributed by atoms with Gasteiger partial charge in [-0.1, -0.05) is 13.8 Å². The van der Waals surface area contributed by atoms with Crippen molar-refractivity contribution in [3.63, 3.8) is 0 Å². The molecule has 0 aromatic carbocycles. The van der Waals surface area contributed by atoms with Gasteiger partial charge in [-0.15, -0.1) is 0 Å². The summed E-state index contributed by atoms with van der Waals surface area (Å²) in [6.07, 6.45) is 0. The number of hydrogen-bond acceptors (Lipinski definition) is 2. The van der Waals surface area contributed by atoms with Crippen molar-refractivity contribution < 1.29 is 9.90 Å². The zero-order valence-corrected chi connectivity index (χ0v) is 7.59. The second kappa shape index (κ2) is 4.34. The first-order chi connectivity index (χ1) is 5.00. The van der Waals surface area contributed by atoms with E-state index < -0.39 is 5.97 Å². The Kier molecular flexibility index (Phi) is 4.11. The molecule has 3 heteroatoms. The Morgan fingerprint density at radius 1 is 1.36 bits per heavy atom. The Labute approximate surface area is 67.8 Å². The van der Waals surface area contributed by atoms with Crippen LogP contribution < -0.4 is 5.32 Å². The van der Waals surface area contributed by atoms with Crippen molar-refractivity contribution in [2.24, 2.45) is 11.8 Å². The molecular weight excluding hydrogens is 142 g/mol. The Morgan fingerprint density at radius 3 is 2.09 bits per heavy atom. The van der Waals surface area contributed by atoms with Crippen LogP contribution in [0.1, 0.15) is 20.8 Å². The molecule has 3 unspecified atom stereocenters. The molecule has 0 radical (unpaired) electrons. The lowest BCUT2D eigenvalue weighted by Gasteiger charge is -2.22. The van der Waals surface area contributed by atoms with Crippen LogP contribution in [0.3, 0.4) is 0 Å². The number of carbonyl (C=O) groups is 1. The van der Waals surface area contributed by atoms with Gasteiger partial charge in [-0.2, -0.15) is 0 Å². The van der Waals surface area contributed by atoms with Crippen molar-refractivity contribution in [1.82, 2.24) is 5.32 Å². The minimum absolute atomic E-state index is 0.164. The van der Waals surface area contributed by atoms with E-state index in [-0.39, 0.29) is 17.9 Å². The van der Waals surface area contributed by atoms with Gasteiger partial charge < -0.3 is 10.4 Å². The maximum absolute atomic E-state index is 10.5. The summed E-state index contributed by atoms with van der Waals surface area (Å²) >= 11 is 0. The first-order valence-corrected chi connectivity index (χ1v) is 3.90. The van der Waals surface area contributed by atoms with E-state index in [1.165, 1.54) is 0 Å². The molecule has 66 valence electrons. The van der Waals surface area contributed by atoms with Gasteiger partial charge in [-0.25, -0.2) is 0 Å². The van der Waals surface area contributed by atoms with E-state index in [1.54, 1.807) is 6.92 Å². The van der Waals surface area contributed by atoms with Crippen molar-refractivity contribution >= 4 is 5.97 Å². The topological polar surface area (TPSA) is 49.3 Å². The molecule has 0 aliphatic carbocycles. The van der Waals surface area contributed by atoms with E-state index in [4.69, 9.17) is 5.11 Å². The van der Waals surface area contributed by atoms with Crippen molar-refractivity contribution in [1.29, 1.82) is 0 Å². The fourth-order valence-electron chi connectivity index (χ4n) is 0.921. The molecule has 3 atom stereocenters. The lowest BCUT2D eigenvalue weighted by Crippen LogP contribution is -2.35. The Morgan fingerprint density at radius 2 is 1.82 bits per heavy atom. The van der Waals surface area contributed by atoms with Gasteiger partial charge in [0.05, 0.1) is 5.92 Å². The third kappa shape index (κ3) is 2.89. The molecule has 3 nitrogen and oxygen atoms in total. The second-order valence-corrected chi connectivity index (χ2v) is 3.06. The molecule has 0 fully saturated rings. The quantitative estimate of drug-likeness (QED) is 0.642. The molecule has 0 amide bonds. The fraction of sp³-hybridized carbons (Fsp3) is 0.875. The van der Waals surface area contributed by atoms with Crippen LogP contribution in [0.4, 0.5) is 0 Å². The molecule has 0 aliphatic heterocycles. The lowest BCUT2D eigenvalue weighted by molar-refractivity contribution is -0.143. The van der Waals surface area contributed by atoms with Crippen LogP contribution in [0.2, 0.25) is 0 Å². The maximum atomic E-state index is 10.5. The summed E-state index contributed by atoms with van der Waals surface area (Å²) in [5.74, 6) is -0.838. The highest BCUT2D eigenvalue weighted by molar-refractivity contribution is 5.69. The van der Waals surface area contributed by atoms with Gasteiger partial charge in [0.15, 0.2) is 0 Å². The van der Waals surface area contributed by atoms with Gasteiger partial charge in [0.1, 0.15) is 0 Å². The summed E-state index contributed by atoms with van der Waals surface area (Å²) in [7, 11) is 1.84. The number of carboxylic acid groups (broad SMARTS) is 1. The Bertz CT molecular complexity index is 136. The second-order valence-electron chi connectivity index (χ2n) is 3.06. The Balaban J connectivity index is 4.00. The third-order valence-electron chi connectivity index (χ3n) is 2.42. The average Bonchev–Trinajstić information content (AvgIpc) is 2.00. The zero-order valence-electron chi connectivity index (χ0n) is 7.59. The van der Waals surface area contributed by atoms with E-state index >= 15 is 0 Å². The number of rotatable bonds is 4. The average molecular weight is 159 g/mol. The monoisotopic (exact) mass is 159 g/mol. The molecule has 2 N–H and O–H groups in total. The normalized spacial score (nSPS) is 18.9. The summed E-state index contributed by atoms with van der Waals surface area (Å²) in [5.41, 5.74) is 0. The number of aliphatic carboxylic acids is 1. The zero-order chi connectivity index (χ0) is 9.02. The lowest BCUT2D eigenvalue weighted by atomic mass is 9.90. The van der Waals surface area contributed by atoms with Gasteiger partial charge in [-0.05, 0) is 19.9 Å². The highest BCUT2D eigenvalue weighted by Crippen LogP contribution is 2.14. The van der Waals surface area contributed by atoms with Gasteiger partial charge in [-0.3, -0.25) is 4.79 Å². The van der Waals surface area contributed by atoms with E-state index in [2.05, 4.69) is 5.32 Å². The molecule has 0 bridgehead atoms. The summed E-state index contributed by atoms with van der Waals surface area (Å²) < 4.78 is 0. The van der Waals surface area contributed by atoms with Gasteiger partial charge in [0.2, 0.25) is 0 Å². The molecular formula is C8H17NO2. The van der Waals surface area contributed by atoms with Crippen molar-refractivity contribution in [2.45, 2.75) is 26.8 Å². The van der Waals surface area contributed by atoms with Crippen LogP contribution in [0.25, 0.3) is 0 Å². The van der Waals surface area contributed by atoms with E-state index in [9.17, 15) is 4.79 Å². The van der Waals surface area contributed by atoms with E-state index in [0.29, 0.717) is 0 Å². The summed E-state index contributed by atoms with van der Waals surface area (Å²) in [6.45, 7) is 5.67. The standard InChI is InChI=1S/C8H17NO2/c1-5(7(3)9-4)6(2)8(10)11/h5-7,9H,1-4H3,(H,10,11). The SMILES string of the molecule is CNC(C)C(C)C(C)C(=O)O. The molecule has 11 heavy (non-hydrogen) atoms. The molecule has 0 spiro atoms. The largest absolute Gasteiger partial charge is 0.481 e. The van der Waals surface area contributed by atoms with Crippen LogP contribution in [-0.4, -0.2) is 24.2 Å². The van der Waals surface area contributed by atoms with E-state index in [0.717, 1.165) is 0 Å². The smallest absolute Gasteiger partial charge is 0.306 e. The molecule has 0 heterocycles. The first kappa shape index (κ1) is 10.4. The Hall–Kier alpha value is -0.570. The van der Waals surface area contributed by atoms with Crippen LogP contribution in [0, 0.1) is 11.8 Å². The number of hydrogen-bond donors (Lipinski definition) is 2. The van der Waals surface area contributed by atoms with E-state index in [1.807, 2.05) is 20.9 Å². The van der Waals surface area contributed by atoms with Crippen molar-refractivity contribution in [3.8, 4) is 0 Å². The van der Waals surface area contributed by atoms with Crippen LogP contribution in [0.5, 0.6) is 0 Å². The molecule has 0 saturated carbocycles. The third-order valence-corrected chi connectivity index (χ3v) is 2.42. The predicted molar refractivity (Wildman–Crippen MR) is 44.5 cm³/mol. The highest BCUT2D eigenvalue weighted by atomic mass is 16.4. The number of carboxylic acids is 1. The molecule has 0 aliphatic rings. The molecule has 0 aromatic rings. The van der Waals surface area contributed by atoms with Gasteiger partial charge >= 0.3 is 5.97 Å². The summed E-state index contributed by atoms with van der Waals surface area (Å²) in [5, 5.41) is 11.7. The highest BCUT2D eigenvalue weighted by Gasteiger charge is 2.23. The molecule has 0 rings (SSSR count). The maximum Gasteiger partial charge on any atom is 0.306 e. The fourth-order valence-corrected chi connectivity index (χ4v) is 0.921.